The summed E-state index contributed by atoms with van der Waals surface area (Å²) < 4.78 is 6.04. The smallest absolute Gasteiger partial charge is 0.0995 e. The van der Waals surface area contributed by atoms with Crippen molar-refractivity contribution in [2.45, 2.75) is 55.8 Å². The topological polar surface area (TPSA) is 73.5 Å². The molecule has 5 heteroatoms. The predicted molar refractivity (Wildman–Crippen MR) is 112 cm³/mol. The summed E-state index contributed by atoms with van der Waals surface area (Å²) in [6.45, 7) is 2.03. The van der Waals surface area contributed by atoms with E-state index >= 15 is 0 Å². The van der Waals surface area contributed by atoms with E-state index in [0.717, 1.165) is 28.0 Å². The van der Waals surface area contributed by atoms with E-state index in [4.69, 9.17) is 4.74 Å². The zero-order valence-corrected chi connectivity index (χ0v) is 17.2. The number of rotatable bonds is 6. The Morgan fingerprint density at radius 1 is 1.18 bits per heavy atom. The molecule has 28 heavy (non-hydrogen) atoms. The fourth-order valence-corrected chi connectivity index (χ4v) is 4.41. The summed E-state index contributed by atoms with van der Waals surface area (Å²) in [5.41, 5.74) is 5.08. The summed E-state index contributed by atoms with van der Waals surface area (Å²) in [7, 11) is 0. The molecule has 1 saturated heterocycles. The zero-order chi connectivity index (χ0) is 20.1. The number of hydrogen-bond acceptors (Lipinski definition) is 5. The van der Waals surface area contributed by atoms with Gasteiger partial charge in [0.05, 0.1) is 36.6 Å². The van der Waals surface area contributed by atoms with Gasteiger partial charge in [-0.05, 0) is 47.4 Å². The minimum atomic E-state index is -0.494. The van der Waals surface area contributed by atoms with Crippen molar-refractivity contribution in [3.8, 4) is 6.07 Å². The summed E-state index contributed by atoms with van der Waals surface area (Å²) in [5, 5.41) is 29.4. The van der Waals surface area contributed by atoms with E-state index in [1.165, 1.54) is 5.56 Å². The van der Waals surface area contributed by atoms with Crippen LogP contribution in [0.2, 0.25) is 0 Å². The number of benzene rings is 2. The van der Waals surface area contributed by atoms with Crippen LogP contribution in [-0.4, -0.2) is 35.3 Å². The highest BCUT2D eigenvalue weighted by Gasteiger charge is 2.30. The molecular formula is C23H27NO3S. The molecule has 1 aliphatic rings. The van der Waals surface area contributed by atoms with E-state index in [-0.39, 0.29) is 18.8 Å². The van der Waals surface area contributed by atoms with Gasteiger partial charge in [0.15, 0.2) is 0 Å². The van der Waals surface area contributed by atoms with Crippen LogP contribution in [0, 0.1) is 11.3 Å². The number of nitrogens with zero attached hydrogens (tertiary/aromatic N) is 1. The molecule has 0 spiro atoms. The first-order chi connectivity index (χ1) is 13.6. The van der Waals surface area contributed by atoms with E-state index in [1.54, 1.807) is 11.8 Å². The van der Waals surface area contributed by atoms with Gasteiger partial charge in [-0.2, -0.15) is 5.26 Å². The van der Waals surface area contributed by atoms with Crippen LogP contribution >= 0.6 is 11.8 Å². The Bertz CT molecular complexity index is 844. The Morgan fingerprint density at radius 2 is 1.89 bits per heavy atom. The third-order valence-corrected chi connectivity index (χ3v) is 6.12. The molecule has 3 rings (SSSR count). The molecule has 2 N–H and O–H groups in total. The van der Waals surface area contributed by atoms with Crippen LogP contribution in [0.15, 0.2) is 41.3 Å². The largest absolute Gasteiger partial charge is 0.394 e. The predicted octanol–water partition coefficient (Wildman–Crippen LogP) is 4.01. The van der Waals surface area contributed by atoms with Gasteiger partial charge in [0.1, 0.15) is 0 Å². The molecule has 1 fully saturated rings. The first-order valence-corrected chi connectivity index (χ1v) is 10.9. The average Bonchev–Trinajstić information content (AvgIpc) is 2.73. The molecule has 2 aromatic rings. The molecule has 0 radical (unpaired) electrons. The molecular weight excluding hydrogens is 370 g/mol. The summed E-state index contributed by atoms with van der Waals surface area (Å²) in [6, 6.07) is 14.8. The highest BCUT2D eigenvalue weighted by Crippen LogP contribution is 2.38. The SMILES string of the molecule is CCc1ccc(Cc2cc(C3CC(O)CC(CO)O3)c(SC)cc2C#N)cc1. The fourth-order valence-electron chi connectivity index (χ4n) is 3.74. The van der Waals surface area contributed by atoms with Crippen LogP contribution in [0.3, 0.4) is 0 Å². The quantitative estimate of drug-likeness (QED) is 0.721. The molecule has 4 nitrogen and oxygen atoms in total. The summed E-state index contributed by atoms with van der Waals surface area (Å²) in [6.07, 6.45) is 3.48. The van der Waals surface area contributed by atoms with Crippen molar-refractivity contribution in [2.24, 2.45) is 0 Å². The highest BCUT2D eigenvalue weighted by atomic mass is 32.2. The maximum absolute atomic E-state index is 10.2. The van der Waals surface area contributed by atoms with Crippen LogP contribution in [0.5, 0.6) is 0 Å². The van der Waals surface area contributed by atoms with Gasteiger partial charge < -0.3 is 14.9 Å². The summed E-state index contributed by atoms with van der Waals surface area (Å²) >= 11 is 1.57. The fraction of sp³-hybridized carbons (Fsp3) is 0.435. The van der Waals surface area contributed by atoms with Gasteiger partial charge in [-0.25, -0.2) is 0 Å². The van der Waals surface area contributed by atoms with Gasteiger partial charge in [0, 0.05) is 17.7 Å². The number of thioether (sulfide) groups is 1. The van der Waals surface area contributed by atoms with E-state index in [2.05, 4.69) is 43.3 Å². The summed E-state index contributed by atoms with van der Waals surface area (Å²) in [4.78, 5) is 0.984. The monoisotopic (exact) mass is 397 g/mol. The molecule has 0 aromatic heterocycles. The number of ether oxygens (including phenoxy) is 1. The van der Waals surface area contributed by atoms with Crippen molar-refractivity contribution in [1.82, 2.24) is 0 Å². The van der Waals surface area contributed by atoms with E-state index in [9.17, 15) is 15.5 Å². The second-order valence-electron chi connectivity index (χ2n) is 7.26. The number of nitriles is 1. The van der Waals surface area contributed by atoms with Gasteiger partial charge >= 0.3 is 0 Å². The molecule has 148 valence electrons. The lowest BCUT2D eigenvalue weighted by molar-refractivity contribution is -0.114. The molecule has 0 amide bonds. The minimum absolute atomic E-state index is 0.102. The lowest BCUT2D eigenvalue weighted by Gasteiger charge is -2.33. The van der Waals surface area contributed by atoms with Crippen LogP contribution in [-0.2, 0) is 17.6 Å². The van der Waals surface area contributed by atoms with Crippen molar-refractivity contribution in [3.05, 3.63) is 64.2 Å². The van der Waals surface area contributed by atoms with Crippen molar-refractivity contribution in [1.29, 1.82) is 5.26 Å². The van der Waals surface area contributed by atoms with Crippen molar-refractivity contribution >= 4 is 11.8 Å². The Labute approximate surface area is 171 Å². The third-order valence-electron chi connectivity index (χ3n) is 5.33. The maximum atomic E-state index is 10.2. The number of aliphatic hydroxyl groups is 2. The standard InChI is InChI=1S/C23H27NO3S/c1-3-15-4-6-16(7-5-15)8-17-9-21(23(28-2)10-18(17)13-24)22-12-19(26)11-20(14-25)27-22/h4-7,9-10,19-20,22,25-26H,3,8,11-12,14H2,1-2H3. The zero-order valence-electron chi connectivity index (χ0n) is 16.4. The molecule has 2 aromatic carbocycles. The Kier molecular flexibility index (Phi) is 7.14. The lowest BCUT2D eigenvalue weighted by atomic mass is 9.91. The van der Waals surface area contributed by atoms with Gasteiger partial charge in [-0.15, -0.1) is 11.8 Å². The number of aryl methyl sites for hydroxylation is 1. The van der Waals surface area contributed by atoms with Crippen LogP contribution < -0.4 is 0 Å². The average molecular weight is 398 g/mol. The van der Waals surface area contributed by atoms with E-state index in [0.29, 0.717) is 24.8 Å². The molecule has 3 unspecified atom stereocenters. The lowest BCUT2D eigenvalue weighted by Crippen LogP contribution is -2.33. The number of hydrogen-bond donors (Lipinski definition) is 2. The van der Waals surface area contributed by atoms with Crippen molar-refractivity contribution < 1.29 is 14.9 Å². The summed E-state index contributed by atoms with van der Waals surface area (Å²) in [5.74, 6) is 0. The molecule has 0 bridgehead atoms. The van der Waals surface area contributed by atoms with Crippen molar-refractivity contribution in [3.63, 3.8) is 0 Å². The Morgan fingerprint density at radius 3 is 2.50 bits per heavy atom. The van der Waals surface area contributed by atoms with Gasteiger partial charge in [-0.1, -0.05) is 37.3 Å². The van der Waals surface area contributed by atoms with Crippen LogP contribution in [0.25, 0.3) is 0 Å². The molecule has 0 saturated carbocycles. The molecule has 0 aliphatic carbocycles. The molecule has 1 heterocycles. The van der Waals surface area contributed by atoms with Crippen LogP contribution in [0.1, 0.15) is 53.7 Å². The minimum Gasteiger partial charge on any atom is -0.394 e. The number of aliphatic hydroxyl groups excluding tert-OH is 2. The first-order valence-electron chi connectivity index (χ1n) is 9.71. The first kappa shape index (κ1) is 20.9. The van der Waals surface area contributed by atoms with E-state index < -0.39 is 6.10 Å². The van der Waals surface area contributed by atoms with Gasteiger partial charge in [-0.3, -0.25) is 0 Å². The van der Waals surface area contributed by atoms with Crippen LogP contribution in [0.4, 0.5) is 0 Å². The maximum Gasteiger partial charge on any atom is 0.0995 e. The normalized spacial score (nSPS) is 22.0. The molecule has 1 aliphatic heterocycles. The van der Waals surface area contributed by atoms with Gasteiger partial charge in [0.25, 0.3) is 0 Å². The van der Waals surface area contributed by atoms with E-state index in [1.807, 2.05) is 12.3 Å². The highest BCUT2D eigenvalue weighted by molar-refractivity contribution is 7.98. The second-order valence-corrected chi connectivity index (χ2v) is 8.11. The third kappa shape index (κ3) is 4.76. The second kappa shape index (κ2) is 9.58. The Balaban J connectivity index is 1.95. The van der Waals surface area contributed by atoms with Crippen molar-refractivity contribution in [2.75, 3.05) is 12.9 Å². The van der Waals surface area contributed by atoms with Gasteiger partial charge in [0.2, 0.25) is 0 Å². The molecule has 3 atom stereocenters. The Hall–Kier alpha value is -1.84.